The first-order valence-electron chi connectivity index (χ1n) is 4.21. The maximum atomic E-state index is 11.2. The number of halogens is 1. The van der Waals surface area contributed by atoms with E-state index in [-0.39, 0.29) is 4.83 Å². The van der Waals surface area contributed by atoms with Gasteiger partial charge < -0.3 is 0 Å². The third-order valence-electron chi connectivity index (χ3n) is 1.57. The number of alkyl halides is 1. The Bertz CT molecular complexity index is 229. The normalized spacial score (nSPS) is 14.8. The van der Waals surface area contributed by atoms with Crippen LogP contribution in [0.1, 0.15) is 19.8 Å². The number of rotatable bonds is 6. The number of hydrogen-bond donors (Lipinski definition) is 1. The highest BCUT2D eigenvalue weighted by Crippen LogP contribution is 2.06. The first-order valence-corrected chi connectivity index (χ1v) is 6.57. The van der Waals surface area contributed by atoms with Gasteiger partial charge in [-0.25, -0.2) is 4.72 Å². The van der Waals surface area contributed by atoms with Crippen molar-refractivity contribution < 1.29 is 8.42 Å². The van der Waals surface area contributed by atoms with Crippen molar-refractivity contribution in [3.8, 4) is 0 Å². The second kappa shape index (κ2) is 5.95. The maximum Gasteiger partial charge on any atom is 0.278 e. The first kappa shape index (κ1) is 13.4. The minimum Gasteiger partial charge on any atom is -0.201 e. The van der Waals surface area contributed by atoms with Crippen molar-refractivity contribution in [2.24, 2.45) is 0 Å². The Balaban J connectivity index is 3.89. The van der Waals surface area contributed by atoms with Crippen molar-refractivity contribution in [2.75, 3.05) is 20.6 Å². The molecular weight excluding hydrogens is 256 g/mol. The summed E-state index contributed by atoms with van der Waals surface area (Å²) in [4.78, 5) is 0.215. The van der Waals surface area contributed by atoms with E-state index in [1.165, 1.54) is 18.4 Å². The molecular formula is C7H17BrN2O2S. The third kappa shape index (κ3) is 5.61. The summed E-state index contributed by atoms with van der Waals surface area (Å²) in [5.74, 6) is 0. The van der Waals surface area contributed by atoms with Gasteiger partial charge in [0, 0.05) is 25.5 Å². The Morgan fingerprint density at radius 2 is 2.00 bits per heavy atom. The van der Waals surface area contributed by atoms with Gasteiger partial charge in [0.2, 0.25) is 0 Å². The van der Waals surface area contributed by atoms with Crippen LogP contribution in [0.25, 0.3) is 0 Å². The number of nitrogens with one attached hydrogen (secondary N) is 1. The zero-order valence-electron chi connectivity index (χ0n) is 8.25. The smallest absolute Gasteiger partial charge is 0.201 e. The lowest BCUT2D eigenvalue weighted by Gasteiger charge is -2.14. The van der Waals surface area contributed by atoms with Crippen LogP contribution in [0.3, 0.4) is 0 Å². The largest absolute Gasteiger partial charge is 0.278 e. The van der Waals surface area contributed by atoms with Gasteiger partial charge >= 0.3 is 0 Å². The van der Waals surface area contributed by atoms with Gasteiger partial charge in [-0.15, -0.1) is 0 Å². The molecule has 6 heteroatoms. The van der Waals surface area contributed by atoms with Crippen molar-refractivity contribution in [2.45, 2.75) is 24.6 Å². The predicted octanol–water partition coefficient (Wildman–Crippen LogP) is 0.946. The lowest BCUT2D eigenvalue weighted by molar-refractivity contribution is 0.504. The molecule has 0 saturated carbocycles. The average Bonchev–Trinajstić information content (AvgIpc) is 2.01. The van der Waals surface area contributed by atoms with Gasteiger partial charge in [-0.3, -0.25) is 0 Å². The van der Waals surface area contributed by atoms with Crippen molar-refractivity contribution in [3.05, 3.63) is 0 Å². The molecule has 0 heterocycles. The molecule has 0 fully saturated rings. The van der Waals surface area contributed by atoms with E-state index in [2.05, 4.69) is 27.6 Å². The topological polar surface area (TPSA) is 49.4 Å². The zero-order chi connectivity index (χ0) is 10.5. The van der Waals surface area contributed by atoms with Crippen molar-refractivity contribution >= 4 is 26.1 Å². The quantitative estimate of drug-likeness (QED) is 0.732. The van der Waals surface area contributed by atoms with E-state index in [9.17, 15) is 8.42 Å². The Morgan fingerprint density at radius 1 is 1.46 bits per heavy atom. The third-order valence-corrected chi connectivity index (χ3v) is 3.84. The van der Waals surface area contributed by atoms with Gasteiger partial charge in [-0.2, -0.15) is 12.7 Å². The van der Waals surface area contributed by atoms with Crippen LogP contribution in [-0.4, -0.2) is 38.2 Å². The van der Waals surface area contributed by atoms with Crippen LogP contribution in [-0.2, 0) is 10.2 Å². The summed E-state index contributed by atoms with van der Waals surface area (Å²) in [6.45, 7) is 2.50. The summed E-state index contributed by atoms with van der Waals surface area (Å²) in [5.41, 5.74) is 0. The van der Waals surface area contributed by atoms with E-state index in [1.807, 2.05) is 0 Å². The molecule has 0 aliphatic heterocycles. The van der Waals surface area contributed by atoms with Gasteiger partial charge in [0.1, 0.15) is 0 Å². The zero-order valence-corrected chi connectivity index (χ0v) is 10.7. The Kier molecular flexibility index (Phi) is 6.11. The Hall–Kier alpha value is 0.350. The molecule has 0 amide bonds. The van der Waals surface area contributed by atoms with E-state index in [0.29, 0.717) is 6.54 Å². The van der Waals surface area contributed by atoms with Gasteiger partial charge in [-0.05, 0) is 6.42 Å². The van der Waals surface area contributed by atoms with E-state index >= 15 is 0 Å². The van der Waals surface area contributed by atoms with Gasteiger partial charge in [0.15, 0.2) is 0 Å². The molecule has 0 aromatic heterocycles. The summed E-state index contributed by atoms with van der Waals surface area (Å²) in [5, 5.41) is 0. The highest BCUT2D eigenvalue weighted by atomic mass is 79.9. The highest BCUT2D eigenvalue weighted by Gasteiger charge is 2.13. The van der Waals surface area contributed by atoms with E-state index in [0.717, 1.165) is 12.8 Å². The summed E-state index contributed by atoms with van der Waals surface area (Å²) in [7, 11) is -0.248. The number of hydrogen-bond acceptors (Lipinski definition) is 2. The molecule has 0 radical (unpaired) electrons. The minimum atomic E-state index is -3.26. The van der Waals surface area contributed by atoms with Gasteiger partial charge in [0.25, 0.3) is 10.2 Å². The van der Waals surface area contributed by atoms with Crippen LogP contribution in [0.15, 0.2) is 0 Å². The molecule has 4 nitrogen and oxygen atoms in total. The van der Waals surface area contributed by atoms with Crippen molar-refractivity contribution in [1.82, 2.24) is 9.03 Å². The molecule has 0 aromatic rings. The van der Waals surface area contributed by atoms with Crippen LogP contribution in [0.5, 0.6) is 0 Å². The lowest BCUT2D eigenvalue weighted by Crippen LogP contribution is -2.38. The summed E-state index contributed by atoms with van der Waals surface area (Å²) < 4.78 is 26.1. The Morgan fingerprint density at radius 3 is 2.38 bits per heavy atom. The Labute approximate surface area is 89.0 Å². The average molecular weight is 273 g/mol. The van der Waals surface area contributed by atoms with E-state index < -0.39 is 10.2 Å². The fraction of sp³-hybridized carbons (Fsp3) is 1.00. The van der Waals surface area contributed by atoms with Crippen molar-refractivity contribution in [1.29, 1.82) is 0 Å². The van der Waals surface area contributed by atoms with Gasteiger partial charge in [0.05, 0.1) is 0 Å². The summed E-state index contributed by atoms with van der Waals surface area (Å²) >= 11 is 3.39. The molecule has 0 aliphatic rings. The summed E-state index contributed by atoms with van der Waals surface area (Å²) in [6.07, 6.45) is 2.01. The molecule has 0 spiro atoms. The van der Waals surface area contributed by atoms with Crippen LogP contribution < -0.4 is 4.72 Å². The second-order valence-electron chi connectivity index (χ2n) is 3.02. The fourth-order valence-corrected chi connectivity index (χ4v) is 2.24. The molecule has 0 aromatic carbocycles. The van der Waals surface area contributed by atoms with Crippen LogP contribution in [0.2, 0.25) is 0 Å². The first-order chi connectivity index (χ1) is 5.90. The molecule has 1 unspecified atom stereocenters. The lowest BCUT2D eigenvalue weighted by atomic mass is 10.2. The van der Waals surface area contributed by atoms with Crippen LogP contribution in [0, 0.1) is 0 Å². The van der Waals surface area contributed by atoms with Crippen LogP contribution >= 0.6 is 15.9 Å². The van der Waals surface area contributed by atoms with E-state index in [1.54, 1.807) is 0 Å². The molecule has 13 heavy (non-hydrogen) atoms. The minimum absolute atomic E-state index is 0.215. The van der Waals surface area contributed by atoms with Gasteiger partial charge in [-0.1, -0.05) is 29.3 Å². The van der Waals surface area contributed by atoms with E-state index in [4.69, 9.17) is 0 Å². The molecule has 1 atom stereocenters. The molecule has 1 N–H and O–H groups in total. The van der Waals surface area contributed by atoms with Crippen molar-refractivity contribution in [3.63, 3.8) is 0 Å². The second-order valence-corrected chi connectivity index (χ2v) is 6.29. The molecule has 80 valence electrons. The molecule has 0 saturated heterocycles. The van der Waals surface area contributed by atoms with Crippen LogP contribution in [0.4, 0.5) is 0 Å². The highest BCUT2D eigenvalue weighted by molar-refractivity contribution is 9.09. The monoisotopic (exact) mass is 272 g/mol. The molecule has 0 bridgehead atoms. The standard InChI is InChI=1S/C7H17BrN2O2S/c1-4-5-7(8)6-9-13(11,12)10(2)3/h7,9H,4-6H2,1-3H3. The predicted molar refractivity (Wildman–Crippen MR) is 58.2 cm³/mol. The SMILES string of the molecule is CCCC(Br)CNS(=O)(=O)N(C)C. The maximum absolute atomic E-state index is 11.2. The summed E-state index contributed by atoms with van der Waals surface area (Å²) in [6, 6.07) is 0. The fourth-order valence-electron chi connectivity index (χ4n) is 0.740. The molecule has 0 rings (SSSR count). The molecule has 0 aliphatic carbocycles. The number of nitrogens with zero attached hydrogens (tertiary/aromatic N) is 1.